The van der Waals surface area contributed by atoms with Crippen LogP contribution < -0.4 is 0 Å². The van der Waals surface area contributed by atoms with Gasteiger partial charge in [-0.3, -0.25) is 0 Å². The third-order valence-corrected chi connectivity index (χ3v) is 1.02. The van der Waals surface area contributed by atoms with Gasteiger partial charge >= 0.3 is 29.6 Å². The van der Waals surface area contributed by atoms with Crippen molar-refractivity contribution in [3.05, 3.63) is 6.92 Å². The summed E-state index contributed by atoms with van der Waals surface area (Å²) in [6.07, 6.45) is 2.65. The van der Waals surface area contributed by atoms with Crippen LogP contribution in [0.1, 0.15) is 12.8 Å². The molecule has 0 aromatic heterocycles. The predicted molar refractivity (Wildman–Crippen MR) is 31.5 cm³/mol. The Morgan fingerprint density at radius 2 is 2.29 bits per heavy atom. The first kappa shape index (κ1) is 7.96. The van der Waals surface area contributed by atoms with Crippen molar-refractivity contribution < 1.29 is 4.74 Å². The van der Waals surface area contributed by atoms with E-state index in [9.17, 15) is 0 Å². The topological polar surface area (TPSA) is 9.23 Å². The Bertz CT molecular complexity index is 41.3. The van der Waals surface area contributed by atoms with Crippen LogP contribution in [0.4, 0.5) is 0 Å². The maximum atomic E-state index is 5.04. The van der Waals surface area contributed by atoms with Gasteiger partial charge in [-0.25, -0.2) is 0 Å². The van der Waals surface area contributed by atoms with Crippen LogP contribution in [0.5, 0.6) is 0 Å². The van der Waals surface area contributed by atoms with Crippen LogP contribution in [0.2, 0.25) is 0 Å². The Morgan fingerprint density at radius 1 is 1.57 bits per heavy atom. The van der Waals surface area contributed by atoms with Crippen LogP contribution in [0.3, 0.4) is 0 Å². The summed E-state index contributed by atoms with van der Waals surface area (Å²) in [7, 11) is 0. The predicted octanol–water partition coefficient (Wildman–Crippen LogP) is 0.351. The molecule has 1 aliphatic rings. The first-order chi connectivity index (χ1) is 2.89. The van der Waals surface area contributed by atoms with Crippen LogP contribution in [0.25, 0.3) is 0 Å². The van der Waals surface area contributed by atoms with Crippen molar-refractivity contribution in [2.24, 2.45) is 0 Å². The van der Waals surface area contributed by atoms with Gasteiger partial charge in [-0.1, -0.05) is 0 Å². The molecule has 0 saturated carbocycles. The van der Waals surface area contributed by atoms with E-state index in [0.29, 0.717) is 6.10 Å². The van der Waals surface area contributed by atoms with E-state index in [1.165, 1.54) is 6.42 Å². The van der Waals surface area contributed by atoms with E-state index >= 15 is 0 Å². The molecule has 0 amide bonds. The quantitative estimate of drug-likeness (QED) is 0.408. The summed E-state index contributed by atoms with van der Waals surface area (Å²) in [5.74, 6) is 0. The van der Waals surface area contributed by atoms with Gasteiger partial charge in [0.2, 0.25) is 0 Å². The molecule has 1 unspecified atom stereocenters. The van der Waals surface area contributed by atoms with Gasteiger partial charge in [0, 0.05) is 6.61 Å². The van der Waals surface area contributed by atoms with Crippen molar-refractivity contribution in [2.45, 2.75) is 18.9 Å². The second-order valence-corrected chi connectivity index (χ2v) is 1.64. The van der Waals surface area contributed by atoms with Crippen molar-refractivity contribution >= 4 is 29.6 Å². The third kappa shape index (κ3) is 2.70. The molecular weight excluding hydrogens is 99.0 g/mol. The molecule has 1 rings (SSSR count). The van der Waals surface area contributed by atoms with Crippen molar-refractivity contribution in [3.63, 3.8) is 0 Å². The normalized spacial score (nSPS) is 29.6. The molecule has 0 spiro atoms. The second kappa shape index (κ2) is 3.90. The number of hydrogen-bond acceptors (Lipinski definition) is 1. The molecule has 1 fully saturated rings. The molecule has 1 radical (unpaired) electrons. The summed E-state index contributed by atoms with van der Waals surface area (Å²) < 4.78 is 5.04. The average molecular weight is 109 g/mol. The monoisotopic (exact) mass is 109 g/mol. The summed E-state index contributed by atoms with van der Waals surface area (Å²) in [5, 5.41) is 0. The van der Waals surface area contributed by atoms with Crippen LogP contribution in [-0.2, 0) is 4.74 Å². The van der Waals surface area contributed by atoms with Crippen LogP contribution in [-0.4, -0.2) is 42.3 Å². The third-order valence-electron chi connectivity index (χ3n) is 1.02. The van der Waals surface area contributed by atoms with E-state index in [4.69, 9.17) is 4.74 Å². The molecule has 1 atom stereocenters. The van der Waals surface area contributed by atoms with Gasteiger partial charge in [0.25, 0.3) is 0 Å². The van der Waals surface area contributed by atoms with Gasteiger partial charge in [0.05, 0.1) is 6.10 Å². The second-order valence-electron chi connectivity index (χ2n) is 1.64. The Hall–Kier alpha value is 0.960. The summed E-state index contributed by atoms with van der Waals surface area (Å²) in [5.41, 5.74) is 0. The first-order valence-electron chi connectivity index (χ1n) is 2.34. The minimum atomic E-state index is 0. The Kier molecular flexibility index (Phi) is 4.44. The zero-order chi connectivity index (χ0) is 4.41. The van der Waals surface area contributed by atoms with E-state index in [-0.39, 0.29) is 29.6 Å². The molecule has 0 N–H and O–H groups in total. The fourth-order valence-corrected chi connectivity index (χ4v) is 0.644. The summed E-state index contributed by atoms with van der Waals surface area (Å²) in [6, 6.07) is 0. The molecule has 7 heavy (non-hydrogen) atoms. The van der Waals surface area contributed by atoms with Crippen LogP contribution in [0, 0.1) is 6.92 Å². The van der Waals surface area contributed by atoms with Crippen molar-refractivity contribution in [1.82, 2.24) is 0 Å². The van der Waals surface area contributed by atoms with Crippen LogP contribution >= 0.6 is 0 Å². The fourth-order valence-electron chi connectivity index (χ4n) is 0.644. The Labute approximate surface area is 66.7 Å². The van der Waals surface area contributed by atoms with Crippen molar-refractivity contribution in [3.8, 4) is 0 Å². The SMILES string of the molecule is [CH2]C1CCCO1.[NaH]. The number of rotatable bonds is 0. The molecule has 0 aromatic carbocycles. The number of ether oxygens (including phenoxy) is 1. The fraction of sp³-hybridized carbons (Fsp3) is 0.800. The van der Waals surface area contributed by atoms with Gasteiger partial charge in [-0.05, 0) is 19.8 Å². The first-order valence-corrected chi connectivity index (χ1v) is 2.34. The van der Waals surface area contributed by atoms with Gasteiger partial charge < -0.3 is 4.74 Å². The standard InChI is InChI=1S/C5H9O.Na.H/c1-5-3-2-4-6-5;;/h5H,1-4H2;;. The molecule has 1 aliphatic heterocycles. The van der Waals surface area contributed by atoms with Crippen LogP contribution in [0.15, 0.2) is 0 Å². The Balaban J connectivity index is 0.000000360. The minimum absolute atomic E-state index is 0. The summed E-state index contributed by atoms with van der Waals surface area (Å²) >= 11 is 0. The van der Waals surface area contributed by atoms with E-state index in [0.717, 1.165) is 13.0 Å². The molecule has 0 bridgehead atoms. The van der Waals surface area contributed by atoms with Crippen molar-refractivity contribution in [1.29, 1.82) is 0 Å². The van der Waals surface area contributed by atoms with Gasteiger partial charge in [0.1, 0.15) is 0 Å². The van der Waals surface area contributed by atoms with E-state index in [1.807, 2.05) is 0 Å². The average Bonchev–Trinajstić information content (AvgIpc) is 1.86. The van der Waals surface area contributed by atoms with Crippen molar-refractivity contribution in [2.75, 3.05) is 6.61 Å². The van der Waals surface area contributed by atoms with E-state index in [1.54, 1.807) is 0 Å². The Morgan fingerprint density at radius 3 is 2.43 bits per heavy atom. The maximum absolute atomic E-state index is 5.04. The zero-order valence-electron chi connectivity index (χ0n) is 3.81. The molecule has 2 heteroatoms. The van der Waals surface area contributed by atoms with E-state index in [2.05, 4.69) is 6.92 Å². The van der Waals surface area contributed by atoms with Gasteiger partial charge in [0.15, 0.2) is 0 Å². The molecule has 0 aliphatic carbocycles. The zero-order valence-corrected chi connectivity index (χ0v) is 3.81. The molecule has 0 aromatic rings. The molecule has 1 heterocycles. The van der Waals surface area contributed by atoms with E-state index < -0.39 is 0 Å². The molecule has 1 saturated heterocycles. The summed E-state index contributed by atoms with van der Waals surface area (Å²) in [6.45, 7) is 4.64. The van der Waals surface area contributed by atoms with Gasteiger partial charge in [-0.15, -0.1) is 0 Å². The molecule has 37 valence electrons. The molecule has 1 nitrogen and oxygen atoms in total. The number of hydrogen-bond donors (Lipinski definition) is 0. The summed E-state index contributed by atoms with van der Waals surface area (Å²) in [4.78, 5) is 0. The van der Waals surface area contributed by atoms with Gasteiger partial charge in [-0.2, -0.15) is 0 Å². The molecular formula is C5H10NaO.